The standard InChI is InChI=1S/C15H18F2N4/c1-9(2)8-18-14-7-15(20-10(3)19-14)21-11-4-5-12(16)13(17)6-11/h4-7,9H,8H2,1-3H3,(H2,18,19,20,21). The van der Waals surface area contributed by atoms with Crippen molar-refractivity contribution in [3.8, 4) is 0 Å². The van der Waals surface area contributed by atoms with Gasteiger partial charge in [0.25, 0.3) is 0 Å². The molecule has 0 saturated heterocycles. The Labute approximate surface area is 122 Å². The molecular formula is C15H18F2N4. The number of nitrogens with zero attached hydrogens (tertiary/aromatic N) is 2. The maximum absolute atomic E-state index is 13.2. The van der Waals surface area contributed by atoms with Crippen LogP contribution in [0.4, 0.5) is 26.1 Å². The van der Waals surface area contributed by atoms with Gasteiger partial charge in [-0.25, -0.2) is 18.7 Å². The van der Waals surface area contributed by atoms with Crippen molar-refractivity contribution >= 4 is 17.3 Å². The molecule has 0 aliphatic carbocycles. The van der Waals surface area contributed by atoms with Crippen LogP contribution in [0.5, 0.6) is 0 Å². The van der Waals surface area contributed by atoms with E-state index in [0.717, 1.165) is 18.7 Å². The predicted octanol–water partition coefficient (Wildman–Crippen LogP) is 3.87. The molecule has 0 unspecified atom stereocenters. The fraction of sp³-hybridized carbons (Fsp3) is 0.333. The van der Waals surface area contributed by atoms with E-state index in [9.17, 15) is 8.78 Å². The Morgan fingerprint density at radius 1 is 1.05 bits per heavy atom. The zero-order valence-corrected chi connectivity index (χ0v) is 12.2. The van der Waals surface area contributed by atoms with Crippen LogP contribution in [0.2, 0.25) is 0 Å². The second-order valence-corrected chi connectivity index (χ2v) is 5.21. The van der Waals surface area contributed by atoms with E-state index in [2.05, 4.69) is 34.4 Å². The van der Waals surface area contributed by atoms with Crippen LogP contribution >= 0.6 is 0 Å². The molecule has 0 aliphatic heterocycles. The molecule has 0 bridgehead atoms. The van der Waals surface area contributed by atoms with Gasteiger partial charge < -0.3 is 10.6 Å². The second kappa shape index (κ2) is 6.47. The average molecular weight is 292 g/mol. The molecule has 112 valence electrons. The summed E-state index contributed by atoms with van der Waals surface area (Å²) in [6.07, 6.45) is 0. The van der Waals surface area contributed by atoms with Crippen LogP contribution in [0.25, 0.3) is 0 Å². The summed E-state index contributed by atoms with van der Waals surface area (Å²) in [6.45, 7) is 6.76. The van der Waals surface area contributed by atoms with Gasteiger partial charge in [-0.3, -0.25) is 0 Å². The molecule has 0 atom stereocenters. The third kappa shape index (κ3) is 4.37. The lowest BCUT2D eigenvalue weighted by Gasteiger charge is -2.11. The third-order valence-electron chi connectivity index (χ3n) is 2.72. The molecule has 1 heterocycles. The molecule has 0 saturated carbocycles. The number of hydrogen-bond donors (Lipinski definition) is 2. The summed E-state index contributed by atoms with van der Waals surface area (Å²) in [5, 5.41) is 6.15. The summed E-state index contributed by atoms with van der Waals surface area (Å²) in [5.74, 6) is 0.528. The molecule has 4 nitrogen and oxygen atoms in total. The first kappa shape index (κ1) is 15.2. The topological polar surface area (TPSA) is 49.8 Å². The Hall–Kier alpha value is -2.24. The first-order chi connectivity index (χ1) is 9.94. The maximum atomic E-state index is 13.2. The van der Waals surface area contributed by atoms with E-state index in [1.54, 1.807) is 13.0 Å². The van der Waals surface area contributed by atoms with Crippen LogP contribution in [0, 0.1) is 24.5 Å². The smallest absolute Gasteiger partial charge is 0.160 e. The lowest BCUT2D eigenvalue weighted by Crippen LogP contribution is -2.10. The van der Waals surface area contributed by atoms with Crippen LogP contribution in [-0.4, -0.2) is 16.5 Å². The fourth-order valence-corrected chi connectivity index (χ4v) is 1.75. The second-order valence-electron chi connectivity index (χ2n) is 5.21. The highest BCUT2D eigenvalue weighted by Crippen LogP contribution is 2.19. The van der Waals surface area contributed by atoms with Crippen molar-refractivity contribution < 1.29 is 8.78 Å². The number of anilines is 3. The molecule has 0 amide bonds. The highest BCUT2D eigenvalue weighted by atomic mass is 19.2. The predicted molar refractivity (Wildman–Crippen MR) is 79.7 cm³/mol. The molecule has 6 heteroatoms. The van der Waals surface area contributed by atoms with Gasteiger partial charge in [0.1, 0.15) is 17.5 Å². The fourth-order valence-electron chi connectivity index (χ4n) is 1.75. The van der Waals surface area contributed by atoms with Crippen molar-refractivity contribution in [2.24, 2.45) is 5.92 Å². The average Bonchev–Trinajstić information content (AvgIpc) is 2.40. The van der Waals surface area contributed by atoms with Crippen molar-refractivity contribution in [2.45, 2.75) is 20.8 Å². The van der Waals surface area contributed by atoms with Gasteiger partial charge in [0, 0.05) is 24.4 Å². The molecule has 0 spiro atoms. The number of nitrogens with one attached hydrogen (secondary N) is 2. The van der Waals surface area contributed by atoms with Crippen molar-refractivity contribution in [1.29, 1.82) is 0 Å². The molecule has 2 aromatic rings. The third-order valence-corrected chi connectivity index (χ3v) is 2.72. The van der Waals surface area contributed by atoms with Gasteiger partial charge in [0.05, 0.1) is 0 Å². The van der Waals surface area contributed by atoms with Gasteiger partial charge in [-0.05, 0) is 25.0 Å². The van der Waals surface area contributed by atoms with Crippen molar-refractivity contribution in [3.63, 3.8) is 0 Å². The van der Waals surface area contributed by atoms with E-state index in [4.69, 9.17) is 0 Å². The quantitative estimate of drug-likeness (QED) is 0.878. The number of hydrogen-bond acceptors (Lipinski definition) is 4. The Morgan fingerprint density at radius 3 is 2.43 bits per heavy atom. The summed E-state index contributed by atoms with van der Waals surface area (Å²) in [5.41, 5.74) is 0.432. The number of aromatic nitrogens is 2. The Balaban J connectivity index is 2.17. The minimum atomic E-state index is -0.899. The minimum absolute atomic E-state index is 0.432. The van der Waals surface area contributed by atoms with Gasteiger partial charge in [-0.2, -0.15) is 0 Å². The minimum Gasteiger partial charge on any atom is -0.370 e. The molecule has 0 radical (unpaired) electrons. The normalized spacial score (nSPS) is 10.8. The molecule has 0 aliphatic rings. The lowest BCUT2D eigenvalue weighted by atomic mass is 10.2. The number of rotatable bonds is 5. The molecule has 1 aromatic carbocycles. The largest absolute Gasteiger partial charge is 0.370 e. The van der Waals surface area contributed by atoms with E-state index in [0.29, 0.717) is 29.1 Å². The monoisotopic (exact) mass is 292 g/mol. The Bertz CT molecular complexity index is 629. The number of halogens is 2. The van der Waals surface area contributed by atoms with Crippen LogP contribution in [-0.2, 0) is 0 Å². The summed E-state index contributed by atoms with van der Waals surface area (Å²) in [7, 11) is 0. The van der Waals surface area contributed by atoms with Gasteiger partial charge >= 0.3 is 0 Å². The number of aryl methyl sites for hydroxylation is 1. The van der Waals surface area contributed by atoms with Crippen molar-refractivity contribution in [3.05, 3.63) is 41.7 Å². The SMILES string of the molecule is Cc1nc(NCC(C)C)cc(Nc2ccc(F)c(F)c2)n1. The van der Waals surface area contributed by atoms with Gasteiger partial charge in [0.15, 0.2) is 11.6 Å². The summed E-state index contributed by atoms with van der Waals surface area (Å²) >= 11 is 0. The molecule has 2 rings (SSSR count). The molecule has 21 heavy (non-hydrogen) atoms. The van der Waals surface area contributed by atoms with Crippen LogP contribution in [0.3, 0.4) is 0 Å². The van der Waals surface area contributed by atoms with Gasteiger partial charge in [0.2, 0.25) is 0 Å². The van der Waals surface area contributed by atoms with Crippen LogP contribution in [0.15, 0.2) is 24.3 Å². The zero-order valence-electron chi connectivity index (χ0n) is 12.2. The summed E-state index contributed by atoms with van der Waals surface area (Å²) in [6, 6.07) is 5.35. The zero-order chi connectivity index (χ0) is 15.4. The number of benzene rings is 1. The summed E-state index contributed by atoms with van der Waals surface area (Å²) < 4.78 is 26.1. The molecule has 0 fully saturated rings. The van der Waals surface area contributed by atoms with E-state index < -0.39 is 11.6 Å². The van der Waals surface area contributed by atoms with E-state index in [-0.39, 0.29) is 0 Å². The van der Waals surface area contributed by atoms with Crippen molar-refractivity contribution in [1.82, 2.24) is 9.97 Å². The van der Waals surface area contributed by atoms with Crippen molar-refractivity contribution in [2.75, 3.05) is 17.2 Å². The first-order valence-corrected chi connectivity index (χ1v) is 6.75. The highest BCUT2D eigenvalue weighted by molar-refractivity contribution is 5.59. The highest BCUT2D eigenvalue weighted by Gasteiger charge is 2.06. The van der Waals surface area contributed by atoms with Crippen LogP contribution < -0.4 is 10.6 Å². The summed E-state index contributed by atoms with van der Waals surface area (Å²) in [4.78, 5) is 8.51. The van der Waals surface area contributed by atoms with E-state index in [1.165, 1.54) is 6.07 Å². The molecular weight excluding hydrogens is 274 g/mol. The van der Waals surface area contributed by atoms with Gasteiger partial charge in [-0.15, -0.1) is 0 Å². The van der Waals surface area contributed by atoms with E-state index in [1.807, 2.05) is 0 Å². The Morgan fingerprint density at radius 2 is 1.76 bits per heavy atom. The maximum Gasteiger partial charge on any atom is 0.160 e. The Kier molecular flexibility index (Phi) is 4.67. The van der Waals surface area contributed by atoms with Crippen LogP contribution in [0.1, 0.15) is 19.7 Å². The molecule has 1 aromatic heterocycles. The lowest BCUT2D eigenvalue weighted by molar-refractivity contribution is 0.509. The molecule has 2 N–H and O–H groups in total. The van der Waals surface area contributed by atoms with E-state index >= 15 is 0 Å². The first-order valence-electron chi connectivity index (χ1n) is 6.75. The van der Waals surface area contributed by atoms with Gasteiger partial charge in [-0.1, -0.05) is 13.8 Å².